The Balaban J connectivity index is 1.50. The normalized spacial score (nSPS) is 11.0. The second kappa shape index (κ2) is 10.7. The fourth-order valence-corrected chi connectivity index (χ4v) is 2.55. The molecule has 29 heavy (non-hydrogen) atoms. The Labute approximate surface area is 169 Å². The molecular weight excluding hydrogens is 371 g/mol. The average molecular weight is 394 g/mol. The minimum atomic E-state index is -0.361. The van der Waals surface area contributed by atoms with Crippen LogP contribution in [0.2, 0.25) is 0 Å². The number of ether oxygens (including phenoxy) is 2. The molecule has 2 aromatic carbocycles. The van der Waals surface area contributed by atoms with Crippen LogP contribution in [0.1, 0.15) is 5.56 Å². The van der Waals surface area contributed by atoms with E-state index in [0.29, 0.717) is 37.3 Å². The molecule has 0 aliphatic carbocycles. The molecule has 0 radical (unpaired) electrons. The highest BCUT2D eigenvalue weighted by Crippen LogP contribution is 2.23. The van der Waals surface area contributed by atoms with E-state index in [0.717, 1.165) is 11.3 Å². The van der Waals surface area contributed by atoms with Gasteiger partial charge in [-0.1, -0.05) is 30.3 Å². The van der Waals surface area contributed by atoms with Crippen molar-refractivity contribution in [2.45, 2.75) is 6.54 Å². The van der Waals surface area contributed by atoms with Crippen molar-refractivity contribution in [3.05, 3.63) is 84.3 Å². The third-order valence-corrected chi connectivity index (χ3v) is 3.94. The van der Waals surface area contributed by atoms with Gasteiger partial charge in [0, 0.05) is 31.4 Å². The molecule has 0 fully saturated rings. The second-order valence-electron chi connectivity index (χ2n) is 6.04. The van der Waals surface area contributed by atoms with Crippen LogP contribution in [0, 0.1) is 5.82 Å². The van der Waals surface area contributed by atoms with Crippen molar-refractivity contribution >= 4 is 5.96 Å². The summed E-state index contributed by atoms with van der Waals surface area (Å²) in [4.78, 5) is 8.45. The number of aliphatic imine (C=N–C) groups is 1. The van der Waals surface area contributed by atoms with Gasteiger partial charge in [-0.15, -0.1) is 0 Å². The van der Waals surface area contributed by atoms with Gasteiger partial charge >= 0.3 is 0 Å². The van der Waals surface area contributed by atoms with Crippen LogP contribution in [-0.4, -0.2) is 31.1 Å². The fraction of sp³-hybridized carbons (Fsp3) is 0.182. The maximum absolute atomic E-state index is 13.4. The molecule has 0 saturated heterocycles. The molecule has 0 bridgehead atoms. The predicted octanol–water partition coefficient (Wildman–Crippen LogP) is 3.76. The number of para-hydroxylation sites is 1. The zero-order chi connectivity index (χ0) is 20.3. The molecule has 3 rings (SSSR count). The van der Waals surface area contributed by atoms with Crippen LogP contribution in [0.25, 0.3) is 0 Å². The third-order valence-electron chi connectivity index (χ3n) is 3.94. The lowest BCUT2D eigenvalue weighted by molar-refractivity contribution is 0.322. The summed E-state index contributed by atoms with van der Waals surface area (Å²) in [6.07, 6.45) is 1.63. The zero-order valence-corrected chi connectivity index (χ0v) is 16.1. The highest BCUT2D eigenvalue weighted by molar-refractivity contribution is 5.79. The molecule has 0 saturated carbocycles. The number of rotatable bonds is 8. The van der Waals surface area contributed by atoms with E-state index < -0.39 is 0 Å². The summed E-state index contributed by atoms with van der Waals surface area (Å²) in [5, 5.41) is 6.40. The van der Waals surface area contributed by atoms with Gasteiger partial charge in [-0.25, -0.2) is 9.37 Å². The molecule has 150 valence electrons. The zero-order valence-electron chi connectivity index (χ0n) is 16.1. The van der Waals surface area contributed by atoms with E-state index in [1.54, 1.807) is 25.4 Å². The number of guanidine groups is 1. The third kappa shape index (κ3) is 6.49. The van der Waals surface area contributed by atoms with Crippen LogP contribution >= 0.6 is 0 Å². The largest absolute Gasteiger partial charge is 0.492 e. The van der Waals surface area contributed by atoms with Crippen molar-refractivity contribution in [3.8, 4) is 17.4 Å². The Bertz CT molecular complexity index is 935. The molecule has 2 N–H and O–H groups in total. The Kier molecular flexibility index (Phi) is 7.40. The summed E-state index contributed by atoms with van der Waals surface area (Å²) in [7, 11) is 1.70. The van der Waals surface area contributed by atoms with Gasteiger partial charge < -0.3 is 20.1 Å². The van der Waals surface area contributed by atoms with Crippen molar-refractivity contribution in [2.24, 2.45) is 4.99 Å². The van der Waals surface area contributed by atoms with Gasteiger partial charge in [0.05, 0.1) is 6.54 Å². The van der Waals surface area contributed by atoms with Crippen molar-refractivity contribution in [3.63, 3.8) is 0 Å². The van der Waals surface area contributed by atoms with E-state index in [2.05, 4.69) is 20.6 Å². The summed E-state index contributed by atoms with van der Waals surface area (Å²) in [6.45, 7) is 1.54. The van der Waals surface area contributed by atoms with Crippen molar-refractivity contribution < 1.29 is 13.9 Å². The number of aromatic nitrogens is 1. The topological polar surface area (TPSA) is 67.8 Å². The Morgan fingerprint density at radius 3 is 2.62 bits per heavy atom. The lowest BCUT2D eigenvalue weighted by Gasteiger charge is -2.14. The highest BCUT2D eigenvalue weighted by Gasteiger charge is 2.08. The van der Waals surface area contributed by atoms with Crippen molar-refractivity contribution in [1.29, 1.82) is 0 Å². The van der Waals surface area contributed by atoms with Crippen LogP contribution in [0.15, 0.2) is 77.9 Å². The summed E-state index contributed by atoms with van der Waals surface area (Å²) in [5.74, 6) is 1.90. The van der Waals surface area contributed by atoms with E-state index in [1.807, 2.05) is 42.5 Å². The maximum atomic E-state index is 13.4. The van der Waals surface area contributed by atoms with Crippen molar-refractivity contribution in [1.82, 2.24) is 15.6 Å². The standard InChI is InChI=1S/C22H23FN4O2/c1-24-22(26-13-14-28-19-9-3-2-4-10-19)27-16-17-7-6-12-25-21(17)29-20-11-5-8-18(23)15-20/h2-12,15H,13-14,16H2,1H3,(H2,24,26,27). The SMILES string of the molecule is CN=C(NCCOc1ccccc1)NCc1cccnc1Oc1cccc(F)c1. The van der Waals surface area contributed by atoms with Crippen LogP contribution < -0.4 is 20.1 Å². The number of hydrogen-bond acceptors (Lipinski definition) is 4. The molecule has 7 heteroatoms. The number of pyridine rings is 1. The van der Waals surface area contributed by atoms with E-state index in [9.17, 15) is 4.39 Å². The summed E-state index contributed by atoms with van der Waals surface area (Å²) < 4.78 is 24.8. The Morgan fingerprint density at radius 2 is 1.83 bits per heavy atom. The number of nitrogens with one attached hydrogen (secondary N) is 2. The van der Waals surface area contributed by atoms with Gasteiger partial charge in [0.25, 0.3) is 0 Å². The molecule has 6 nitrogen and oxygen atoms in total. The molecule has 0 spiro atoms. The van der Waals surface area contributed by atoms with Crippen LogP contribution in [0.5, 0.6) is 17.4 Å². The van der Waals surface area contributed by atoms with E-state index in [4.69, 9.17) is 9.47 Å². The molecular formula is C22H23FN4O2. The molecule has 0 unspecified atom stereocenters. The number of benzene rings is 2. The predicted molar refractivity (Wildman–Crippen MR) is 111 cm³/mol. The monoisotopic (exact) mass is 394 g/mol. The van der Waals surface area contributed by atoms with E-state index >= 15 is 0 Å². The van der Waals surface area contributed by atoms with Gasteiger partial charge in [0.1, 0.15) is 23.9 Å². The number of hydrogen-bond donors (Lipinski definition) is 2. The second-order valence-corrected chi connectivity index (χ2v) is 6.04. The van der Waals surface area contributed by atoms with Crippen LogP contribution in [-0.2, 0) is 6.54 Å². The van der Waals surface area contributed by atoms with Gasteiger partial charge in [-0.3, -0.25) is 4.99 Å². The minimum absolute atomic E-state index is 0.361. The molecule has 1 aromatic heterocycles. The molecule has 0 aliphatic heterocycles. The average Bonchev–Trinajstić information content (AvgIpc) is 2.75. The Hall–Kier alpha value is -3.61. The first-order valence-corrected chi connectivity index (χ1v) is 9.24. The first kappa shape index (κ1) is 20.1. The van der Waals surface area contributed by atoms with Crippen LogP contribution in [0.3, 0.4) is 0 Å². The molecule has 1 heterocycles. The van der Waals surface area contributed by atoms with E-state index in [1.165, 1.54) is 12.1 Å². The van der Waals surface area contributed by atoms with Gasteiger partial charge in [-0.05, 0) is 30.3 Å². The van der Waals surface area contributed by atoms with E-state index in [-0.39, 0.29) is 5.82 Å². The molecule has 0 aliphatic rings. The molecule has 0 atom stereocenters. The number of halogens is 1. The smallest absolute Gasteiger partial charge is 0.224 e. The fourth-order valence-electron chi connectivity index (χ4n) is 2.55. The quantitative estimate of drug-likeness (QED) is 0.346. The highest BCUT2D eigenvalue weighted by atomic mass is 19.1. The molecule has 3 aromatic rings. The van der Waals surface area contributed by atoms with Crippen LogP contribution in [0.4, 0.5) is 4.39 Å². The van der Waals surface area contributed by atoms with Gasteiger partial charge in [-0.2, -0.15) is 0 Å². The molecule has 0 amide bonds. The number of nitrogens with zero attached hydrogens (tertiary/aromatic N) is 2. The van der Waals surface area contributed by atoms with Gasteiger partial charge in [0.15, 0.2) is 5.96 Å². The van der Waals surface area contributed by atoms with Gasteiger partial charge in [0.2, 0.25) is 5.88 Å². The summed E-state index contributed by atoms with van der Waals surface area (Å²) >= 11 is 0. The Morgan fingerprint density at radius 1 is 1.00 bits per heavy atom. The summed E-state index contributed by atoms with van der Waals surface area (Å²) in [6, 6.07) is 19.3. The summed E-state index contributed by atoms with van der Waals surface area (Å²) in [5.41, 5.74) is 0.820. The first-order chi connectivity index (χ1) is 14.2. The first-order valence-electron chi connectivity index (χ1n) is 9.24. The minimum Gasteiger partial charge on any atom is -0.492 e. The maximum Gasteiger partial charge on any atom is 0.224 e. The lowest BCUT2D eigenvalue weighted by atomic mass is 10.2. The lowest BCUT2D eigenvalue weighted by Crippen LogP contribution is -2.38. The van der Waals surface area contributed by atoms with Crippen molar-refractivity contribution in [2.75, 3.05) is 20.2 Å².